The molecule has 3 rings (SSSR count). The molecule has 0 unspecified atom stereocenters. The maximum atomic E-state index is 12.1. The molecular formula is C21H22ClN3OS. The molecule has 6 heteroatoms. The van der Waals surface area contributed by atoms with Crippen LogP contribution in [0.2, 0.25) is 5.02 Å². The topological polar surface area (TPSA) is 44.4 Å². The third-order valence-electron chi connectivity index (χ3n) is 4.37. The van der Waals surface area contributed by atoms with Gasteiger partial charge in [-0.15, -0.1) is 0 Å². The number of nitrogens with one attached hydrogen (secondary N) is 2. The van der Waals surface area contributed by atoms with Gasteiger partial charge in [-0.1, -0.05) is 48.0 Å². The second-order valence-corrected chi connectivity index (χ2v) is 7.19. The monoisotopic (exact) mass is 399 g/mol. The first-order valence-electron chi connectivity index (χ1n) is 9.02. The highest BCUT2D eigenvalue weighted by Gasteiger charge is 2.18. The van der Waals surface area contributed by atoms with E-state index in [0.29, 0.717) is 5.02 Å². The van der Waals surface area contributed by atoms with Crippen LogP contribution in [0, 0.1) is 0 Å². The highest BCUT2D eigenvalue weighted by Crippen LogP contribution is 2.35. The summed E-state index contributed by atoms with van der Waals surface area (Å²) in [4.78, 5) is 14.4. The summed E-state index contributed by atoms with van der Waals surface area (Å²) in [6, 6.07) is 15.3. The summed E-state index contributed by atoms with van der Waals surface area (Å²) in [7, 11) is 0. The van der Waals surface area contributed by atoms with E-state index in [9.17, 15) is 4.79 Å². The summed E-state index contributed by atoms with van der Waals surface area (Å²) in [5.41, 5.74) is 2.70. The molecular weight excluding hydrogens is 378 g/mol. The number of hydrogen-bond acceptors (Lipinski definition) is 3. The minimum atomic E-state index is -0.280. The van der Waals surface area contributed by atoms with Crippen LogP contribution in [0.1, 0.15) is 24.8 Å². The maximum Gasteiger partial charge on any atom is 0.250 e. The minimum absolute atomic E-state index is 0.248. The molecule has 1 saturated heterocycles. The van der Waals surface area contributed by atoms with Crippen molar-refractivity contribution in [1.29, 1.82) is 0 Å². The first-order valence-corrected chi connectivity index (χ1v) is 9.80. The molecule has 0 bridgehead atoms. The molecule has 1 aliphatic rings. The van der Waals surface area contributed by atoms with Gasteiger partial charge >= 0.3 is 0 Å². The lowest BCUT2D eigenvalue weighted by atomic mass is 10.1. The Morgan fingerprint density at radius 3 is 2.52 bits per heavy atom. The van der Waals surface area contributed by atoms with Gasteiger partial charge < -0.3 is 10.2 Å². The maximum absolute atomic E-state index is 12.1. The molecule has 27 heavy (non-hydrogen) atoms. The molecule has 0 spiro atoms. The molecule has 1 amide bonds. The van der Waals surface area contributed by atoms with Gasteiger partial charge in [-0.25, -0.2) is 0 Å². The number of hydrogen-bond donors (Lipinski definition) is 2. The first-order chi connectivity index (χ1) is 13.1. The predicted octanol–water partition coefficient (Wildman–Crippen LogP) is 4.86. The molecule has 2 aromatic rings. The van der Waals surface area contributed by atoms with Crippen molar-refractivity contribution >= 4 is 52.3 Å². The van der Waals surface area contributed by atoms with Gasteiger partial charge in [-0.2, -0.15) is 0 Å². The number of halogens is 1. The third kappa shape index (κ3) is 5.55. The van der Waals surface area contributed by atoms with Crippen molar-refractivity contribution < 1.29 is 4.79 Å². The Balaban J connectivity index is 1.64. The van der Waals surface area contributed by atoms with Crippen LogP contribution < -0.4 is 15.5 Å². The van der Waals surface area contributed by atoms with Gasteiger partial charge in [-0.3, -0.25) is 10.1 Å². The standard InChI is InChI=1S/C21H22ClN3OS/c22-17-10-7-11-18(20(17)25-14-5-2-6-15-25)23-21(27)24-19(26)13-12-16-8-3-1-4-9-16/h1,3-4,7-13H,2,5-6,14-15H2,(H2,23,24,26,27). The van der Waals surface area contributed by atoms with Gasteiger partial charge in [0.2, 0.25) is 5.91 Å². The lowest BCUT2D eigenvalue weighted by Crippen LogP contribution is -2.34. The number of carbonyl (C=O) groups excluding carboxylic acids is 1. The molecule has 0 aliphatic carbocycles. The average Bonchev–Trinajstić information content (AvgIpc) is 2.68. The van der Waals surface area contributed by atoms with Crippen LogP contribution >= 0.6 is 23.8 Å². The molecule has 140 valence electrons. The van der Waals surface area contributed by atoms with Crippen molar-refractivity contribution in [3.05, 3.63) is 65.2 Å². The van der Waals surface area contributed by atoms with Gasteiger partial charge in [0.25, 0.3) is 0 Å². The smallest absolute Gasteiger partial charge is 0.250 e. The quantitative estimate of drug-likeness (QED) is 0.569. The number of amides is 1. The largest absolute Gasteiger partial charge is 0.369 e. The zero-order chi connectivity index (χ0) is 19.1. The minimum Gasteiger partial charge on any atom is -0.369 e. The highest BCUT2D eigenvalue weighted by atomic mass is 35.5. The van der Waals surface area contributed by atoms with Gasteiger partial charge in [0, 0.05) is 19.2 Å². The fraction of sp³-hybridized carbons (Fsp3) is 0.238. The number of rotatable bonds is 4. The molecule has 1 fully saturated rings. The van der Waals surface area contributed by atoms with Crippen LogP contribution in [0.4, 0.5) is 11.4 Å². The molecule has 0 saturated carbocycles. The Hall–Kier alpha value is -2.37. The van der Waals surface area contributed by atoms with Gasteiger partial charge in [-0.05, 0) is 55.3 Å². The molecule has 4 nitrogen and oxygen atoms in total. The van der Waals surface area contributed by atoms with E-state index >= 15 is 0 Å². The SMILES string of the molecule is O=C(C=Cc1ccccc1)NC(=S)Nc1cccc(Cl)c1N1CCCCC1. The Morgan fingerprint density at radius 1 is 1.04 bits per heavy atom. The van der Waals surface area contributed by atoms with Crippen molar-refractivity contribution in [1.82, 2.24) is 5.32 Å². The average molecular weight is 400 g/mol. The third-order valence-corrected chi connectivity index (χ3v) is 4.88. The number of benzene rings is 2. The normalized spacial score (nSPS) is 14.2. The highest BCUT2D eigenvalue weighted by molar-refractivity contribution is 7.80. The molecule has 0 radical (unpaired) electrons. The van der Waals surface area contributed by atoms with Crippen molar-refractivity contribution in [2.45, 2.75) is 19.3 Å². The van der Waals surface area contributed by atoms with E-state index in [-0.39, 0.29) is 11.0 Å². The number of piperidine rings is 1. The van der Waals surface area contributed by atoms with Crippen LogP contribution in [-0.2, 0) is 4.79 Å². The lowest BCUT2D eigenvalue weighted by Gasteiger charge is -2.31. The first kappa shape index (κ1) is 19.4. The Bertz CT molecular complexity index is 833. The summed E-state index contributed by atoms with van der Waals surface area (Å²) in [5, 5.41) is 6.73. The van der Waals surface area contributed by atoms with Crippen molar-refractivity contribution in [3.63, 3.8) is 0 Å². The van der Waals surface area contributed by atoms with E-state index in [0.717, 1.165) is 42.9 Å². The van der Waals surface area contributed by atoms with Gasteiger partial charge in [0.05, 0.1) is 16.4 Å². The fourth-order valence-corrected chi connectivity index (χ4v) is 3.60. The Labute approximate surface area is 170 Å². The number of anilines is 2. The van der Waals surface area contributed by atoms with Crippen molar-refractivity contribution in [3.8, 4) is 0 Å². The van der Waals surface area contributed by atoms with E-state index in [2.05, 4.69) is 15.5 Å². The zero-order valence-corrected chi connectivity index (χ0v) is 16.5. The number of carbonyl (C=O) groups is 1. The molecule has 1 heterocycles. The number of para-hydroxylation sites is 1. The fourth-order valence-electron chi connectivity index (χ4n) is 3.10. The van der Waals surface area contributed by atoms with E-state index in [1.165, 1.54) is 12.5 Å². The van der Waals surface area contributed by atoms with Crippen LogP contribution in [-0.4, -0.2) is 24.1 Å². The predicted molar refractivity (Wildman–Crippen MR) is 117 cm³/mol. The second kappa shape index (κ2) is 9.53. The summed E-state index contributed by atoms with van der Waals surface area (Å²) >= 11 is 11.8. The van der Waals surface area contributed by atoms with Crippen LogP contribution in [0.25, 0.3) is 6.08 Å². The second-order valence-electron chi connectivity index (χ2n) is 6.37. The number of thiocarbonyl (C=S) groups is 1. The van der Waals surface area contributed by atoms with Gasteiger partial charge in [0.1, 0.15) is 0 Å². The summed E-state index contributed by atoms with van der Waals surface area (Å²) < 4.78 is 0. The van der Waals surface area contributed by atoms with Crippen LogP contribution in [0.15, 0.2) is 54.6 Å². The molecule has 0 aromatic heterocycles. The van der Waals surface area contributed by atoms with E-state index < -0.39 is 0 Å². The molecule has 0 atom stereocenters. The van der Waals surface area contributed by atoms with E-state index in [1.807, 2.05) is 48.5 Å². The Kier molecular flexibility index (Phi) is 6.85. The summed E-state index contributed by atoms with van der Waals surface area (Å²) in [5.74, 6) is -0.280. The Morgan fingerprint density at radius 2 is 1.78 bits per heavy atom. The number of nitrogens with zero attached hydrogens (tertiary/aromatic N) is 1. The summed E-state index contributed by atoms with van der Waals surface area (Å²) in [6.45, 7) is 1.94. The zero-order valence-electron chi connectivity index (χ0n) is 15.0. The lowest BCUT2D eigenvalue weighted by molar-refractivity contribution is -0.115. The summed E-state index contributed by atoms with van der Waals surface area (Å²) in [6.07, 6.45) is 6.75. The molecule has 2 N–H and O–H groups in total. The van der Waals surface area contributed by atoms with Crippen molar-refractivity contribution in [2.24, 2.45) is 0 Å². The molecule has 1 aliphatic heterocycles. The van der Waals surface area contributed by atoms with E-state index in [4.69, 9.17) is 23.8 Å². The van der Waals surface area contributed by atoms with Crippen LogP contribution in [0.5, 0.6) is 0 Å². The van der Waals surface area contributed by atoms with Crippen LogP contribution in [0.3, 0.4) is 0 Å². The van der Waals surface area contributed by atoms with E-state index in [1.54, 1.807) is 6.08 Å². The molecule has 2 aromatic carbocycles. The van der Waals surface area contributed by atoms with Crippen molar-refractivity contribution in [2.75, 3.05) is 23.3 Å². The van der Waals surface area contributed by atoms with Gasteiger partial charge in [0.15, 0.2) is 5.11 Å².